The number of carbonyl (C=O) groups excluding carboxylic acids is 1. The molecule has 0 N–H and O–H groups in total. The number of hydrogen-bond acceptors (Lipinski definition) is 4. The fourth-order valence-electron chi connectivity index (χ4n) is 4.16. The third-order valence-corrected chi connectivity index (χ3v) is 9.05. The second-order valence-corrected chi connectivity index (χ2v) is 11.8. The topological polar surface area (TPSA) is 60.9 Å². The predicted octanol–water partition coefficient (Wildman–Crippen LogP) is 5.81. The molecule has 1 aliphatic heterocycles. The van der Waals surface area contributed by atoms with E-state index in [0.717, 1.165) is 21.1 Å². The van der Waals surface area contributed by atoms with E-state index in [1.165, 1.54) is 12.1 Å². The highest BCUT2D eigenvalue weighted by atomic mass is 35.5. The Morgan fingerprint density at radius 3 is 2.25 bits per heavy atom. The number of benzene rings is 3. The Bertz CT molecular complexity index is 1370. The minimum absolute atomic E-state index is 0.0678. The van der Waals surface area contributed by atoms with E-state index in [2.05, 4.69) is 4.90 Å². The molecular weight excluding hydrogens is 541 g/mol. The van der Waals surface area contributed by atoms with E-state index in [-0.39, 0.29) is 26.5 Å². The molecule has 4 rings (SSSR count). The molecule has 3 aromatic carbocycles. The van der Waals surface area contributed by atoms with Crippen molar-refractivity contribution in [2.75, 3.05) is 41.9 Å². The van der Waals surface area contributed by atoms with Gasteiger partial charge in [0.25, 0.3) is 10.0 Å². The summed E-state index contributed by atoms with van der Waals surface area (Å²) in [6, 6.07) is 16.9. The van der Waals surface area contributed by atoms with Crippen LogP contribution in [0.3, 0.4) is 0 Å². The monoisotopic (exact) mass is 565 g/mol. The predicted molar refractivity (Wildman–Crippen MR) is 147 cm³/mol. The maximum Gasteiger partial charge on any atom is 0.264 e. The lowest BCUT2D eigenvalue weighted by Gasteiger charge is -2.37. The third kappa shape index (κ3) is 5.59. The number of hydrogen-bond donors (Lipinski definition) is 0. The smallest absolute Gasteiger partial charge is 0.264 e. The molecule has 1 saturated heterocycles. The van der Waals surface area contributed by atoms with Crippen molar-refractivity contribution < 1.29 is 13.2 Å². The highest BCUT2D eigenvalue weighted by Gasteiger charge is 2.32. The SMILES string of the molecule is Cc1ccc(S(=O)(=O)N(CC(=O)N2CCN(c3cc(Cl)ccc3C)CC2)c2cccc(Cl)c2Cl)cc1. The molecule has 1 aliphatic rings. The fourth-order valence-corrected chi connectivity index (χ4v) is 6.20. The number of sulfonamides is 1. The van der Waals surface area contributed by atoms with Crippen LogP contribution in [-0.4, -0.2) is 51.9 Å². The number of rotatable bonds is 6. The molecule has 0 aromatic heterocycles. The molecule has 0 atom stereocenters. The van der Waals surface area contributed by atoms with Crippen LogP contribution in [0.25, 0.3) is 0 Å². The van der Waals surface area contributed by atoms with Crippen LogP contribution in [-0.2, 0) is 14.8 Å². The highest BCUT2D eigenvalue weighted by molar-refractivity contribution is 7.92. The lowest BCUT2D eigenvalue weighted by molar-refractivity contribution is -0.129. The second kappa shape index (κ2) is 10.9. The van der Waals surface area contributed by atoms with E-state index in [4.69, 9.17) is 34.8 Å². The van der Waals surface area contributed by atoms with Crippen molar-refractivity contribution in [3.05, 3.63) is 86.9 Å². The van der Waals surface area contributed by atoms with E-state index < -0.39 is 16.6 Å². The average molecular weight is 567 g/mol. The summed E-state index contributed by atoms with van der Waals surface area (Å²) < 4.78 is 28.4. The van der Waals surface area contributed by atoms with Gasteiger partial charge in [-0.15, -0.1) is 0 Å². The highest BCUT2D eigenvalue weighted by Crippen LogP contribution is 2.35. The Balaban J connectivity index is 1.58. The number of carbonyl (C=O) groups is 1. The summed E-state index contributed by atoms with van der Waals surface area (Å²) in [6.07, 6.45) is 0. The van der Waals surface area contributed by atoms with E-state index in [9.17, 15) is 13.2 Å². The first-order valence-corrected chi connectivity index (χ1v) is 14.0. The van der Waals surface area contributed by atoms with Gasteiger partial charge < -0.3 is 9.80 Å². The van der Waals surface area contributed by atoms with E-state index >= 15 is 0 Å². The Kier molecular flexibility index (Phi) is 8.05. The fraction of sp³-hybridized carbons (Fsp3) is 0.269. The van der Waals surface area contributed by atoms with Gasteiger partial charge in [0.2, 0.25) is 5.91 Å². The standard InChI is InChI=1S/C26H26Cl3N3O3S/c1-18-6-10-21(11-7-18)36(34,35)32(23-5-3-4-22(28)26(23)29)17-25(33)31-14-12-30(13-15-31)24-16-20(27)9-8-19(24)2/h3-11,16H,12-15,17H2,1-2H3. The van der Waals surface area contributed by atoms with Crippen LogP contribution < -0.4 is 9.21 Å². The van der Waals surface area contributed by atoms with Crippen molar-refractivity contribution >= 4 is 62.1 Å². The van der Waals surface area contributed by atoms with Crippen molar-refractivity contribution in [2.45, 2.75) is 18.7 Å². The van der Waals surface area contributed by atoms with E-state index in [0.29, 0.717) is 31.2 Å². The molecule has 0 unspecified atom stereocenters. The largest absolute Gasteiger partial charge is 0.368 e. The molecule has 6 nitrogen and oxygen atoms in total. The average Bonchev–Trinajstić information content (AvgIpc) is 2.86. The molecule has 1 amide bonds. The number of anilines is 2. The van der Waals surface area contributed by atoms with E-state index in [1.54, 1.807) is 35.2 Å². The van der Waals surface area contributed by atoms with Gasteiger partial charge in [-0.25, -0.2) is 8.42 Å². The molecule has 36 heavy (non-hydrogen) atoms. The van der Waals surface area contributed by atoms with Crippen LogP contribution in [0.4, 0.5) is 11.4 Å². The number of aryl methyl sites for hydroxylation is 2. The van der Waals surface area contributed by atoms with Gasteiger partial charge in [0.15, 0.2) is 0 Å². The summed E-state index contributed by atoms with van der Waals surface area (Å²) in [5, 5.41) is 0.935. The zero-order valence-corrected chi connectivity index (χ0v) is 23.0. The molecule has 1 fully saturated rings. The Hall–Kier alpha value is -2.45. The van der Waals surface area contributed by atoms with Crippen LogP contribution in [0.1, 0.15) is 11.1 Å². The third-order valence-electron chi connectivity index (χ3n) is 6.23. The lowest BCUT2D eigenvalue weighted by Crippen LogP contribution is -2.52. The zero-order valence-electron chi connectivity index (χ0n) is 19.9. The van der Waals surface area contributed by atoms with Gasteiger partial charge >= 0.3 is 0 Å². The minimum atomic E-state index is -4.09. The summed E-state index contributed by atoms with van der Waals surface area (Å²) in [5.41, 5.74) is 3.21. The van der Waals surface area contributed by atoms with Crippen LogP contribution in [0.2, 0.25) is 15.1 Å². The number of piperazine rings is 1. The molecule has 0 spiro atoms. The molecule has 0 saturated carbocycles. The van der Waals surface area contributed by atoms with E-state index in [1.807, 2.05) is 32.0 Å². The maximum atomic E-state index is 13.7. The first kappa shape index (κ1) is 26.6. The van der Waals surface area contributed by atoms with Gasteiger partial charge in [-0.1, -0.05) is 64.6 Å². The van der Waals surface area contributed by atoms with Crippen LogP contribution in [0.15, 0.2) is 65.6 Å². The molecule has 0 bridgehead atoms. The quantitative estimate of drug-likeness (QED) is 0.378. The maximum absolute atomic E-state index is 13.7. The first-order valence-electron chi connectivity index (χ1n) is 11.4. The second-order valence-electron chi connectivity index (χ2n) is 8.70. The van der Waals surface area contributed by atoms with Crippen molar-refractivity contribution in [3.63, 3.8) is 0 Å². The first-order chi connectivity index (χ1) is 17.1. The van der Waals surface area contributed by atoms with Gasteiger partial charge in [-0.05, 0) is 55.8 Å². The summed E-state index contributed by atoms with van der Waals surface area (Å²) in [6.45, 7) is 5.61. The number of amides is 1. The Morgan fingerprint density at radius 1 is 0.917 bits per heavy atom. The van der Waals surface area contributed by atoms with Crippen LogP contribution in [0, 0.1) is 13.8 Å². The van der Waals surface area contributed by atoms with Gasteiger partial charge in [0, 0.05) is 36.9 Å². The molecule has 0 aliphatic carbocycles. The molecule has 0 radical (unpaired) electrons. The van der Waals surface area contributed by atoms with Gasteiger partial charge in [-0.2, -0.15) is 0 Å². The van der Waals surface area contributed by atoms with Gasteiger partial charge in [0.05, 0.1) is 20.6 Å². The summed E-state index contributed by atoms with van der Waals surface area (Å²) >= 11 is 18.8. The van der Waals surface area contributed by atoms with Crippen LogP contribution >= 0.6 is 34.8 Å². The normalized spacial score (nSPS) is 14.1. The number of nitrogens with zero attached hydrogens (tertiary/aromatic N) is 3. The van der Waals surface area contributed by atoms with Crippen molar-refractivity contribution in [1.29, 1.82) is 0 Å². The van der Waals surface area contributed by atoms with Crippen molar-refractivity contribution in [1.82, 2.24) is 4.90 Å². The van der Waals surface area contributed by atoms with Gasteiger partial charge in [0.1, 0.15) is 6.54 Å². The molecule has 3 aromatic rings. The Morgan fingerprint density at radius 2 is 1.58 bits per heavy atom. The zero-order chi connectivity index (χ0) is 26.0. The summed E-state index contributed by atoms with van der Waals surface area (Å²) in [7, 11) is -4.09. The van der Waals surface area contributed by atoms with Gasteiger partial charge in [-0.3, -0.25) is 9.10 Å². The Labute approximate surface area is 227 Å². The molecule has 190 valence electrons. The van der Waals surface area contributed by atoms with Crippen molar-refractivity contribution in [2.24, 2.45) is 0 Å². The molecular formula is C26H26Cl3N3O3S. The lowest BCUT2D eigenvalue weighted by atomic mass is 10.1. The van der Waals surface area contributed by atoms with Crippen molar-refractivity contribution in [3.8, 4) is 0 Å². The summed E-state index contributed by atoms with van der Waals surface area (Å²) in [5.74, 6) is -0.316. The molecule has 1 heterocycles. The summed E-state index contributed by atoms with van der Waals surface area (Å²) in [4.78, 5) is 17.3. The number of halogens is 3. The minimum Gasteiger partial charge on any atom is -0.368 e. The molecule has 10 heteroatoms. The van der Waals surface area contributed by atoms with Crippen LogP contribution in [0.5, 0.6) is 0 Å².